The summed E-state index contributed by atoms with van der Waals surface area (Å²) in [6, 6.07) is 0. The highest BCUT2D eigenvalue weighted by Gasteiger charge is 2.34. The minimum atomic E-state index is -2.99. The molecule has 1 heterocycles. The van der Waals surface area contributed by atoms with Gasteiger partial charge in [0, 0.05) is 7.05 Å². The second-order valence-corrected chi connectivity index (χ2v) is 5.73. The van der Waals surface area contributed by atoms with E-state index in [1.54, 1.807) is 7.05 Å². The van der Waals surface area contributed by atoms with E-state index in [1.807, 2.05) is 0 Å². The Labute approximate surface area is 84.2 Å². The molecule has 1 atom stereocenters. The summed E-state index contributed by atoms with van der Waals surface area (Å²) in [5, 5.41) is 0. The predicted molar refractivity (Wildman–Crippen MR) is 53.2 cm³/mol. The van der Waals surface area contributed by atoms with Crippen LogP contribution in [0, 0.1) is 18.3 Å². The zero-order chi connectivity index (χ0) is 10.8. The zero-order valence-electron chi connectivity index (χ0n) is 8.06. The first-order valence-electron chi connectivity index (χ1n) is 4.35. The number of carbonyl (C=O) groups is 1. The van der Waals surface area contributed by atoms with Gasteiger partial charge in [0.15, 0.2) is 9.84 Å². The topological polar surface area (TPSA) is 54.5 Å². The van der Waals surface area contributed by atoms with Gasteiger partial charge in [-0.05, 0) is 6.42 Å². The molecule has 78 valence electrons. The summed E-state index contributed by atoms with van der Waals surface area (Å²) in [5.74, 6) is 1.89. The average Bonchev–Trinajstić information content (AvgIpc) is 2.45. The molecule has 0 bridgehead atoms. The lowest BCUT2D eigenvalue weighted by Crippen LogP contribution is -2.33. The lowest BCUT2D eigenvalue weighted by molar-refractivity contribution is -0.132. The standard InChI is InChI=1S/C9H13NO3S/c1-3-5-10(2)9(11)8-4-6-14(12,13)7-8/h1,8H,4-7H2,2H3. The first-order valence-corrected chi connectivity index (χ1v) is 6.17. The van der Waals surface area contributed by atoms with E-state index < -0.39 is 15.8 Å². The van der Waals surface area contributed by atoms with Gasteiger partial charge in [-0.25, -0.2) is 8.42 Å². The van der Waals surface area contributed by atoms with Crippen LogP contribution < -0.4 is 0 Å². The molecular formula is C9H13NO3S. The van der Waals surface area contributed by atoms with E-state index in [4.69, 9.17) is 6.42 Å². The molecule has 4 nitrogen and oxygen atoms in total. The van der Waals surface area contributed by atoms with Gasteiger partial charge in [0.2, 0.25) is 5.91 Å². The Morgan fingerprint density at radius 3 is 2.71 bits per heavy atom. The number of carbonyl (C=O) groups excluding carboxylic acids is 1. The summed E-state index contributed by atoms with van der Waals surface area (Å²) in [6.07, 6.45) is 5.48. The fourth-order valence-corrected chi connectivity index (χ4v) is 3.25. The molecule has 14 heavy (non-hydrogen) atoms. The third-order valence-corrected chi connectivity index (χ3v) is 4.05. The second kappa shape index (κ2) is 4.01. The number of nitrogens with zero attached hydrogens (tertiary/aromatic N) is 1. The van der Waals surface area contributed by atoms with Gasteiger partial charge >= 0.3 is 0 Å². The van der Waals surface area contributed by atoms with Crippen LogP contribution in [0.3, 0.4) is 0 Å². The van der Waals surface area contributed by atoms with Crippen LogP contribution in [0.4, 0.5) is 0 Å². The monoisotopic (exact) mass is 215 g/mol. The Morgan fingerprint density at radius 1 is 1.64 bits per heavy atom. The first-order chi connectivity index (χ1) is 6.46. The van der Waals surface area contributed by atoms with E-state index >= 15 is 0 Å². The van der Waals surface area contributed by atoms with E-state index in [9.17, 15) is 13.2 Å². The van der Waals surface area contributed by atoms with Crippen molar-refractivity contribution in [1.82, 2.24) is 4.90 Å². The van der Waals surface area contributed by atoms with Crippen LogP contribution in [0.2, 0.25) is 0 Å². The number of terminal acetylenes is 1. The third kappa shape index (κ3) is 2.48. The van der Waals surface area contributed by atoms with Gasteiger partial charge in [-0.1, -0.05) is 5.92 Å². The molecule has 0 aliphatic carbocycles. The van der Waals surface area contributed by atoms with Crippen molar-refractivity contribution >= 4 is 15.7 Å². The SMILES string of the molecule is C#CCN(C)C(=O)C1CCS(=O)(=O)C1. The highest BCUT2D eigenvalue weighted by molar-refractivity contribution is 7.91. The van der Waals surface area contributed by atoms with Gasteiger partial charge in [-0.15, -0.1) is 6.42 Å². The molecule has 1 saturated heterocycles. The van der Waals surface area contributed by atoms with Crippen LogP contribution in [0.25, 0.3) is 0 Å². The normalized spacial score (nSPS) is 24.1. The summed E-state index contributed by atoms with van der Waals surface area (Å²) in [7, 11) is -1.40. The molecule has 1 unspecified atom stereocenters. The summed E-state index contributed by atoms with van der Waals surface area (Å²) >= 11 is 0. The van der Waals surface area contributed by atoms with E-state index in [1.165, 1.54) is 4.90 Å². The molecule has 1 fully saturated rings. The van der Waals surface area contributed by atoms with Crippen molar-refractivity contribution in [3.8, 4) is 12.3 Å². The van der Waals surface area contributed by atoms with Gasteiger partial charge in [0.1, 0.15) is 0 Å². The molecule has 1 aliphatic rings. The lowest BCUT2D eigenvalue weighted by atomic mass is 10.1. The summed E-state index contributed by atoms with van der Waals surface area (Å²) < 4.78 is 22.2. The minimum absolute atomic E-state index is 0.0270. The van der Waals surface area contributed by atoms with Crippen molar-refractivity contribution in [2.24, 2.45) is 5.92 Å². The third-order valence-electron chi connectivity index (χ3n) is 2.29. The number of hydrogen-bond donors (Lipinski definition) is 0. The molecule has 0 saturated carbocycles. The smallest absolute Gasteiger partial charge is 0.227 e. The second-order valence-electron chi connectivity index (χ2n) is 3.50. The van der Waals surface area contributed by atoms with E-state index in [2.05, 4.69) is 5.92 Å². The first kappa shape index (κ1) is 11.1. The summed E-state index contributed by atoms with van der Waals surface area (Å²) in [4.78, 5) is 13.0. The highest BCUT2D eigenvalue weighted by Crippen LogP contribution is 2.19. The Bertz CT molecular complexity index is 366. The van der Waals surface area contributed by atoms with Gasteiger partial charge in [-0.3, -0.25) is 4.79 Å². The molecule has 1 aliphatic heterocycles. The van der Waals surface area contributed by atoms with Crippen LogP contribution >= 0.6 is 0 Å². The number of amides is 1. The van der Waals surface area contributed by atoms with Crippen LogP contribution in [-0.4, -0.2) is 44.3 Å². The molecule has 0 N–H and O–H groups in total. The van der Waals surface area contributed by atoms with Crippen molar-refractivity contribution < 1.29 is 13.2 Å². The Hall–Kier alpha value is -1.02. The fraction of sp³-hybridized carbons (Fsp3) is 0.667. The lowest BCUT2D eigenvalue weighted by Gasteiger charge is -2.17. The fourth-order valence-electron chi connectivity index (χ4n) is 1.52. The molecule has 0 aromatic heterocycles. The van der Waals surface area contributed by atoms with Crippen molar-refractivity contribution in [3.63, 3.8) is 0 Å². The predicted octanol–water partition coefficient (Wildman–Crippen LogP) is -0.487. The zero-order valence-corrected chi connectivity index (χ0v) is 8.88. The van der Waals surface area contributed by atoms with Crippen LogP contribution in [0.5, 0.6) is 0 Å². The van der Waals surface area contributed by atoms with E-state index in [0.717, 1.165) is 0 Å². The van der Waals surface area contributed by atoms with Crippen molar-refractivity contribution in [3.05, 3.63) is 0 Å². The molecule has 0 aromatic carbocycles. The molecular weight excluding hydrogens is 202 g/mol. The van der Waals surface area contributed by atoms with Gasteiger partial charge < -0.3 is 4.90 Å². The van der Waals surface area contributed by atoms with Crippen molar-refractivity contribution in [1.29, 1.82) is 0 Å². The quantitative estimate of drug-likeness (QED) is 0.584. The van der Waals surface area contributed by atoms with Gasteiger partial charge in [0.25, 0.3) is 0 Å². The summed E-state index contributed by atoms with van der Waals surface area (Å²) in [5.41, 5.74) is 0. The maximum Gasteiger partial charge on any atom is 0.227 e. The number of hydrogen-bond acceptors (Lipinski definition) is 3. The minimum Gasteiger partial charge on any atom is -0.334 e. The molecule has 1 rings (SSSR count). The Morgan fingerprint density at radius 2 is 2.29 bits per heavy atom. The van der Waals surface area contributed by atoms with Crippen LogP contribution in [-0.2, 0) is 14.6 Å². The molecule has 0 spiro atoms. The molecule has 0 aromatic rings. The highest BCUT2D eigenvalue weighted by atomic mass is 32.2. The van der Waals surface area contributed by atoms with Gasteiger partial charge in [-0.2, -0.15) is 0 Å². The van der Waals surface area contributed by atoms with Crippen molar-refractivity contribution in [2.45, 2.75) is 6.42 Å². The molecule has 0 radical (unpaired) electrons. The van der Waals surface area contributed by atoms with E-state index in [0.29, 0.717) is 6.42 Å². The maximum absolute atomic E-state index is 11.6. The number of sulfone groups is 1. The largest absolute Gasteiger partial charge is 0.334 e. The molecule has 5 heteroatoms. The van der Waals surface area contributed by atoms with E-state index in [-0.39, 0.29) is 24.0 Å². The maximum atomic E-state index is 11.6. The van der Waals surface area contributed by atoms with Gasteiger partial charge in [0.05, 0.1) is 24.0 Å². The summed E-state index contributed by atoms with van der Waals surface area (Å²) in [6.45, 7) is 0.232. The molecule has 1 amide bonds. The van der Waals surface area contributed by atoms with Crippen LogP contribution in [0.1, 0.15) is 6.42 Å². The Kier molecular flexibility index (Phi) is 3.17. The Balaban J connectivity index is 2.61. The van der Waals surface area contributed by atoms with Crippen molar-refractivity contribution in [2.75, 3.05) is 25.1 Å². The van der Waals surface area contributed by atoms with Crippen LogP contribution in [0.15, 0.2) is 0 Å². The number of rotatable bonds is 2. The average molecular weight is 215 g/mol.